The predicted octanol–water partition coefficient (Wildman–Crippen LogP) is 1.02. The maximum Gasteiger partial charge on any atom is 0.366 e. The monoisotopic (exact) mass is 316 g/mol. The van der Waals surface area contributed by atoms with E-state index in [1.165, 1.54) is 11.5 Å². The Kier molecular flexibility index (Phi) is 3.62. The van der Waals surface area contributed by atoms with Crippen LogP contribution >= 0.6 is 0 Å². The molecule has 2 heterocycles. The third kappa shape index (κ3) is 3.06. The lowest BCUT2D eigenvalue weighted by Crippen LogP contribution is -2.34. The number of hydrogen-bond donors (Lipinski definition) is 2. The molecule has 0 atom stereocenters. The van der Waals surface area contributed by atoms with E-state index < -0.39 is 11.7 Å². The maximum absolute atomic E-state index is 12.6. The number of nitrogens with zero attached hydrogens (tertiary/aromatic N) is 2. The van der Waals surface area contributed by atoms with Crippen LogP contribution in [0.15, 0.2) is 35.3 Å². The first-order chi connectivity index (χ1) is 10.8. The van der Waals surface area contributed by atoms with Gasteiger partial charge in [-0.15, -0.1) is 4.73 Å². The van der Waals surface area contributed by atoms with Crippen molar-refractivity contribution in [2.75, 3.05) is 0 Å². The summed E-state index contributed by atoms with van der Waals surface area (Å²) in [4.78, 5) is 29.0. The zero-order valence-electron chi connectivity index (χ0n) is 13.6. The number of carbonyl (C=O) groups excluding carboxylic acids is 1. The highest BCUT2D eigenvalue weighted by Gasteiger charge is 2.26. The van der Waals surface area contributed by atoms with Crippen molar-refractivity contribution in [1.82, 2.24) is 20.1 Å². The van der Waals surface area contributed by atoms with Gasteiger partial charge < -0.3 is 4.84 Å². The van der Waals surface area contributed by atoms with Crippen LogP contribution < -0.4 is 21.4 Å². The summed E-state index contributed by atoms with van der Waals surface area (Å²) in [6.45, 7) is 7.15. The molecule has 1 saturated heterocycles. The van der Waals surface area contributed by atoms with Gasteiger partial charge in [0.05, 0.1) is 11.4 Å². The largest absolute Gasteiger partial charge is 0.366 e. The predicted molar refractivity (Wildman–Crippen MR) is 85.0 cm³/mol. The molecule has 1 aromatic heterocycles. The first-order valence-corrected chi connectivity index (χ1v) is 7.42. The van der Waals surface area contributed by atoms with Gasteiger partial charge in [-0.3, -0.25) is 4.57 Å². The Bertz CT molecular complexity index is 792. The van der Waals surface area contributed by atoms with Gasteiger partial charge in [0.1, 0.15) is 6.17 Å². The van der Waals surface area contributed by atoms with Crippen LogP contribution in [0.2, 0.25) is 0 Å². The molecule has 1 aliphatic heterocycles. The first kappa shape index (κ1) is 15.5. The molecule has 0 saturated carbocycles. The van der Waals surface area contributed by atoms with Crippen molar-refractivity contribution < 1.29 is 9.63 Å². The number of rotatable bonds is 3. The minimum absolute atomic E-state index is 0.177. The molecule has 0 spiro atoms. The molecule has 0 bridgehead atoms. The third-order valence-corrected chi connectivity index (χ3v) is 3.63. The van der Waals surface area contributed by atoms with E-state index in [-0.39, 0.29) is 11.6 Å². The van der Waals surface area contributed by atoms with Crippen LogP contribution in [-0.4, -0.2) is 15.3 Å². The fourth-order valence-corrected chi connectivity index (χ4v) is 2.37. The Morgan fingerprint density at radius 1 is 1.17 bits per heavy atom. The highest BCUT2D eigenvalue weighted by atomic mass is 16.7. The molecular formula is C16H20N4O3. The molecule has 2 aromatic rings. The van der Waals surface area contributed by atoms with Crippen molar-refractivity contribution in [3.63, 3.8) is 0 Å². The van der Waals surface area contributed by atoms with E-state index in [1.54, 1.807) is 6.20 Å². The Labute approximate surface area is 133 Å². The minimum atomic E-state index is -0.531. The first-order valence-electron chi connectivity index (χ1n) is 7.42. The molecule has 1 fully saturated rings. The third-order valence-electron chi connectivity index (χ3n) is 3.63. The van der Waals surface area contributed by atoms with E-state index in [2.05, 4.69) is 10.9 Å². The maximum atomic E-state index is 12.6. The molecule has 7 nitrogen and oxygen atoms in total. The van der Waals surface area contributed by atoms with E-state index in [9.17, 15) is 9.59 Å². The average molecular weight is 316 g/mol. The molecule has 0 radical (unpaired) electrons. The second-order valence-electron chi connectivity index (χ2n) is 6.61. The van der Waals surface area contributed by atoms with Crippen LogP contribution in [-0.2, 0) is 10.2 Å². The van der Waals surface area contributed by atoms with Crippen molar-refractivity contribution in [3.05, 3.63) is 52.2 Å². The van der Waals surface area contributed by atoms with Gasteiger partial charge in [0.2, 0.25) is 0 Å². The molecule has 0 aliphatic carbocycles. The van der Waals surface area contributed by atoms with Gasteiger partial charge in [0.15, 0.2) is 0 Å². The SMILES string of the molecule is CC(=O)On1c(C(C)(C)C)cn(-c2ccc(C3NN3)cc2)c1=O. The summed E-state index contributed by atoms with van der Waals surface area (Å²) >= 11 is 0. The van der Waals surface area contributed by atoms with Crippen LogP contribution in [0.5, 0.6) is 0 Å². The van der Waals surface area contributed by atoms with Crippen LogP contribution in [0.25, 0.3) is 5.69 Å². The molecule has 7 heteroatoms. The number of nitrogens with one attached hydrogen (secondary N) is 2. The Morgan fingerprint density at radius 2 is 1.78 bits per heavy atom. The number of benzene rings is 1. The summed E-state index contributed by atoms with van der Waals surface area (Å²) in [5, 5.41) is 0. The Morgan fingerprint density at radius 3 is 2.26 bits per heavy atom. The molecule has 0 unspecified atom stereocenters. The normalized spacial score (nSPS) is 14.8. The molecule has 122 valence electrons. The Hall–Kier alpha value is -2.38. The zero-order valence-corrected chi connectivity index (χ0v) is 13.6. The van der Waals surface area contributed by atoms with Crippen LogP contribution in [0, 0.1) is 0 Å². The summed E-state index contributed by atoms with van der Waals surface area (Å²) in [6.07, 6.45) is 1.89. The van der Waals surface area contributed by atoms with E-state index in [0.29, 0.717) is 5.69 Å². The van der Waals surface area contributed by atoms with Crippen molar-refractivity contribution in [2.24, 2.45) is 0 Å². The number of hydrazine groups is 1. The summed E-state index contributed by atoms with van der Waals surface area (Å²) in [6, 6.07) is 7.62. The van der Waals surface area contributed by atoms with Gasteiger partial charge in [0, 0.05) is 18.5 Å². The molecule has 3 rings (SSSR count). The fourth-order valence-electron chi connectivity index (χ4n) is 2.37. The lowest BCUT2D eigenvalue weighted by Gasteiger charge is -2.18. The van der Waals surface area contributed by atoms with Gasteiger partial charge in [-0.25, -0.2) is 20.4 Å². The van der Waals surface area contributed by atoms with Gasteiger partial charge >= 0.3 is 11.7 Å². The number of aromatic nitrogens is 2. The summed E-state index contributed by atoms with van der Waals surface area (Å²) < 4.78 is 2.56. The summed E-state index contributed by atoms with van der Waals surface area (Å²) in [5.74, 6) is -0.531. The van der Waals surface area contributed by atoms with E-state index in [4.69, 9.17) is 4.84 Å². The van der Waals surface area contributed by atoms with Crippen LogP contribution in [0.1, 0.15) is 45.1 Å². The zero-order chi connectivity index (χ0) is 16.8. The number of imidazole rings is 1. The highest BCUT2D eigenvalue weighted by Crippen LogP contribution is 2.23. The average Bonchev–Trinajstić information content (AvgIpc) is 3.25. The lowest BCUT2D eigenvalue weighted by atomic mass is 9.93. The number of hydrogen-bond acceptors (Lipinski definition) is 5. The topological polar surface area (TPSA) is 97.1 Å². The second-order valence-corrected chi connectivity index (χ2v) is 6.61. The molecule has 2 N–H and O–H groups in total. The molecule has 1 aromatic carbocycles. The standard InChI is InChI=1S/C16H20N4O3/c1-10(21)23-20-13(16(2,3)4)9-19(15(20)22)12-7-5-11(6-8-12)14-17-18-14/h5-9,14,17-18H,1-4H3. The summed E-state index contributed by atoms with van der Waals surface area (Å²) in [7, 11) is 0. The van der Waals surface area contributed by atoms with E-state index in [0.717, 1.165) is 16.0 Å². The van der Waals surface area contributed by atoms with Crippen LogP contribution in [0.4, 0.5) is 0 Å². The Balaban J connectivity index is 2.06. The highest BCUT2D eigenvalue weighted by molar-refractivity contribution is 5.66. The minimum Gasteiger partial charge on any atom is -0.332 e. The molecule has 0 amide bonds. The summed E-state index contributed by atoms with van der Waals surface area (Å²) in [5.41, 5.74) is 7.69. The van der Waals surface area contributed by atoms with Crippen molar-refractivity contribution in [3.8, 4) is 5.69 Å². The van der Waals surface area contributed by atoms with Gasteiger partial charge in [-0.1, -0.05) is 32.9 Å². The van der Waals surface area contributed by atoms with Gasteiger partial charge in [0.25, 0.3) is 0 Å². The van der Waals surface area contributed by atoms with Crippen molar-refractivity contribution >= 4 is 5.97 Å². The van der Waals surface area contributed by atoms with E-state index in [1.807, 2.05) is 45.0 Å². The molecule has 1 aliphatic rings. The van der Waals surface area contributed by atoms with Gasteiger partial charge in [-0.05, 0) is 17.7 Å². The molecular weight excluding hydrogens is 296 g/mol. The number of carbonyl (C=O) groups is 1. The van der Waals surface area contributed by atoms with Crippen LogP contribution in [0.3, 0.4) is 0 Å². The molecule has 23 heavy (non-hydrogen) atoms. The fraction of sp³-hybridized carbons (Fsp3) is 0.375. The second kappa shape index (κ2) is 5.36. The van der Waals surface area contributed by atoms with E-state index >= 15 is 0 Å². The smallest absolute Gasteiger partial charge is 0.332 e. The quantitative estimate of drug-likeness (QED) is 0.824. The van der Waals surface area contributed by atoms with Gasteiger partial charge in [-0.2, -0.15) is 0 Å². The van der Waals surface area contributed by atoms with Crippen molar-refractivity contribution in [1.29, 1.82) is 0 Å². The lowest BCUT2D eigenvalue weighted by molar-refractivity contribution is -0.142. The van der Waals surface area contributed by atoms with Crippen molar-refractivity contribution in [2.45, 2.75) is 39.3 Å².